The van der Waals surface area contributed by atoms with Crippen molar-refractivity contribution >= 4 is 34.3 Å². The Hall–Kier alpha value is -4.31. The molecule has 3 heterocycles. The van der Waals surface area contributed by atoms with Gasteiger partial charge in [0.25, 0.3) is 5.91 Å². The molecular weight excluding hydrogens is 494 g/mol. The van der Waals surface area contributed by atoms with E-state index in [1.807, 2.05) is 0 Å². The first-order valence-corrected chi connectivity index (χ1v) is 12.2. The van der Waals surface area contributed by atoms with Crippen LogP contribution in [-0.2, 0) is 22.6 Å². The summed E-state index contributed by atoms with van der Waals surface area (Å²) in [5.41, 5.74) is 2.41. The zero-order chi connectivity index (χ0) is 26.6. The van der Waals surface area contributed by atoms with E-state index in [-0.39, 0.29) is 24.0 Å². The Morgan fingerprint density at radius 3 is 2.66 bits per heavy atom. The van der Waals surface area contributed by atoms with E-state index in [4.69, 9.17) is 9.47 Å². The van der Waals surface area contributed by atoms with Crippen LogP contribution >= 0.6 is 0 Å². The highest BCUT2D eigenvalue weighted by Gasteiger charge is 2.29. The number of amides is 1. The average molecular weight is 521 g/mol. The minimum Gasteiger partial charge on any atom is -0.464 e. The monoisotopic (exact) mass is 520 g/mol. The number of benzene rings is 2. The number of aromatic nitrogens is 2. The van der Waals surface area contributed by atoms with E-state index < -0.39 is 23.5 Å². The molecule has 1 aliphatic rings. The van der Waals surface area contributed by atoms with Crippen LogP contribution in [0.4, 0.5) is 20.2 Å². The van der Waals surface area contributed by atoms with Gasteiger partial charge in [0, 0.05) is 24.1 Å². The lowest BCUT2D eigenvalue weighted by molar-refractivity contribution is 0.0580. The summed E-state index contributed by atoms with van der Waals surface area (Å²) in [6, 6.07) is 14.1. The molecule has 38 heavy (non-hydrogen) atoms. The van der Waals surface area contributed by atoms with Crippen molar-refractivity contribution in [2.24, 2.45) is 0 Å². The first-order valence-electron chi connectivity index (χ1n) is 12.2. The largest absolute Gasteiger partial charge is 0.464 e. The van der Waals surface area contributed by atoms with E-state index in [1.165, 1.54) is 13.2 Å². The molecule has 0 saturated carbocycles. The van der Waals surface area contributed by atoms with Gasteiger partial charge in [-0.3, -0.25) is 4.79 Å². The number of rotatable bonds is 8. The lowest BCUT2D eigenvalue weighted by Crippen LogP contribution is -2.21. The Morgan fingerprint density at radius 1 is 1.13 bits per heavy atom. The average Bonchev–Trinajstić information content (AvgIpc) is 3.56. The van der Waals surface area contributed by atoms with Crippen molar-refractivity contribution in [2.75, 3.05) is 24.4 Å². The molecule has 1 aliphatic heterocycles. The summed E-state index contributed by atoms with van der Waals surface area (Å²) in [5.74, 6) is -2.87. The molecule has 196 valence electrons. The molecule has 1 atom stereocenters. The molecule has 2 aromatic carbocycles. The maximum atomic E-state index is 13.6. The normalized spacial score (nSPS) is 15.0. The van der Waals surface area contributed by atoms with Gasteiger partial charge >= 0.3 is 5.97 Å². The molecule has 1 unspecified atom stereocenters. The fourth-order valence-electron chi connectivity index (χ4n) is 4.56. The summed E-state index contributed by atoms with van der Waals surface area (Å²) in [6.07, 6.45) is 3.22. The molecule has 8 nitrogen and oxygen atoms in total. The molecular formula is C28H26F2N4O4. The fourth-order valence-corrected chi connectivity index (χ4v) is 4.56. The number of anilines is 2. The molecule has 2 aromatic heterocycles. The van der Waals surface area contributed by atoms with Gasteiger partial charge in [-0.05, 0) is 48.7 Å². The van der Waals surface area contributed by atoms with Crippen LogP contribution in [0.3, 0.4) is 0 Å². The van der Waals surface area contributed by atoms with Crippen molar-refractivity contribution in [3.05, 3.63) is 89.2 Å². The van der Waals surface area contributed by atoms with Crippen LogP contribution < -0.4 is 10.6 Å². The van der Waals surface area contributed by atoms with Gasteiger partial charge in [0.15, 0.2) is 17.3 Å². The van der Waals surface area contributed by atoms with Crippen LogP contribution in [-0.4, -0.2) is 41.2 Å². The number of hydrogen-bond acceptors (Lipinski definition) is 6. The van der Waals surface area contributed by atoms with E-state index in [1.54, 1.807) is 47.2 Å². The number of esters is 1. The van der Waals surface area contributed by atoms with Crippen molar-refractivity contribution in [2.45, 2.75) is 32.0 Å². The van der Waals surface area contributed by atoms with E-state index >= 15 is 0 Å². The van der Waals surface area contributed by atoms with Crippen LogP contribution in [0.5, 0.6) is 0 Å². The lowest BCUT2D eigenvalue weighted by atomic mass is 10.2. The second-order valence-corrected chi connectivity index (χ2v) is 8.98. The van der Waals surface area contributed by atoms with Crippen molar-refractivity contribution < 1.29 is 27.8 Å². The van der Waals surface area contributed by atoms with Crippen LogP contribution in [0.1, 0.15) is 39.3 Å². The van der Waals surface area contributed by atoms with Crippen molar-refractivity contribution in [1.29, 1.82) is 0 Å². The molecule has 10 heteroatoms. The Labute approximate surface area is 217 Å². The van der Waals surface area contributed by atoms with Gasteiger partial charge in [-0.1, -0.05) is 24.3 Å². The standard InChI is InChI=1S/C28H26F2N4O4/c1-37-28(36)25-24(33-27(35)18-6-3-2-4-7-18)21-13-19(31-14-17-9-10-22(29)23(30)12-17)15-32-26(21)34(25)16-20-8-5-11-38-20/h2-4,6-7,9-10,12-13,15,20,31H,5,8,11,14,16H2,1H3,(H,33,35). The topological polar surface area (TPSA) is 94.5 Å². The molecule has 1 fully saturated rings. The maximum Gasteiger partial charge on any atom is 0.356 e. The van der Waals surface area contributed by atoms with Gasteiger partial charge in [0.05, 0.1) is 37.3 Å². The summed E-state index contributed by atoms with van der Waals surface area (Å²) in [5, 5.41) is 6.54. The predicted molar refractivity (Wildman–Crippen MR) is 138 cm³/mol. The number of ether oxygens (including phenoxy) is 2. The van der Waals surface area contributed by atoms with E-state index in [9.17, 15) is 18.4 Å². The van der Waals surface area contributed by atoms with Gasteiger partial charge < -0.3 is 24.7 Å². The maximum absolute atomic E-state index is 13.6. The summed E-state index contributed by atoms with van der Waals surface area (Å²) in [6.45, 7) is 1.20. The number of nitrogens with zero attached hydrogens (tertiary/aromatic N) is 2. The van der Waals surface area contributed by atoms with Gasteiger partial charge in [-0.2, -0.15) is 0 Å². The molecule has 0 aliphatic carbocycles. The zero-order valence-electron chi connectivity index (χ0n) is 20.7. The van der Waals surface area contributed by atoms with Crippen molar-refractivity contribution in [3.63, 3.8) is 0 Å². The summed E-state index contributed by atoms with van der Waals surface area (Å²) in [4.78, 5) is 30.8. The Kier molecular flexibility index (Phi) is 7.32. The number of hydrogen-bond donors (Lipinski definition) is 2. The molecule has 0 spiro atoms. The molecule has 5 rings (SSSR count). The predicted octanol–water partition coefficient (Wildman–Crippen LogP) is 5.14. The number of methoxy groups -OCH3 is 1. The number of fused-ring (bicyclic) bond motifs is 1. The van der Waals surface area contributed by atoms with Gasteiger partial charge in [-0.15, -0.1) is 0 Å². The number of nitrogens with one attached hydrogen (secondary N) is 2. The Bertz CT molecular complexity index is 1480. The molecule has 2 N–H and O–H groups in total. The second kappa shape index (κ2) is 11.0. The molecule has 0 radical (unpaired) electrons. The zero-order valence-corrected chi connectivity index (χ0v) is 20.7. The second-order valence-electron chi connectivity index (χ2n) is 8.98. The lowest BCUT2D eigenvalue weighted by Gasteiger charge is -2.14. The van der Waals surface area contributed by atoms with Crippen molar-refractivity contribution in [3.8, 4) is 0 Å². The van der Waals surface area contributed by atoms with Crippen LogP contribution in [0.25, 0.3) is 11.0 Å². The minimum absolute atomic E-state index is 0.111. The highest BCUT2D eigenvalue weighted by atomic mass is 19.2. The number of halogens is 2. The van der Waals surface area contributed by atoms with E-state index in [2.05, 4.69) is 15.6 Å². The molecule has 1 amide bonds. The number of carbonyl (C=O) groups excluding carboxylic acids is 2. The van der Waals surface area contributed by atoms with Crippen LogP contribution in [0.15, 0.2) is 60.8 Å². The third kappa shape index (κ3) is 5.21. The molecule has 0 bridgehead atoms. The summed E-state index contributed by atoms with van der Waals surface area (Å²) in [7, 11) is 1.28. The molecule has 4 aromatic rings. The SMILES string of the molecule is COC(=O)c1c(NC(=O)c2ccccc2)c2cc(NCc3ccc(F)c(F)c3)cnc2n1CC1CCCO1. The minimum atomic E-state index is -0.933. The van der Waals surface area contributed by atoms with Crippen LogP contribution in [0, 0.1) is 11.6 Å². The Morgan fingerprint density at radius 2 is 1.95 bits per heavy atom. The highest BCUT2D eigenvalue weighted by molar-refractivity contribution is 6.14. The third-order valence-electron chi connectivity index (χ3n) is 6.44. The smallest absolute Gasteiger partial charge is 0.356 e. The highest BCUT2D eigenvalue weighted by Crippen LogP contribution is 2.34. The Balaban J connectivity index is 1.56. The molecule has 1 saturated heterocycles. The number of pyridine rings is 1. The van der Waals surface area contributed by atoms with Gasteiger partial charge in [-0.25, -0.2) is 18.6 Å². The fraction of sp³-hybridized carbons (Fsp3) is 0.250. The van der Waals surface area contributed by atoms with Crippen molar-refractivity contribution in [1.82, 2.24) is 9.55 Å². The summed E-state index contributed by atoms with van der Waals surface area (Å²) < 4.78 is 39.6. The van der Waals surface area contributed by atoms with E-state index in [0.717, 1.165) is 25.0 Å². The quantitative estimate of drug-likeness (QED) is 0.312. The van der Waals surface area contributed by atoms with E-state index in [0.29, 0.717) is 41.0 Å². The first kappa shape index (κ1) is 25.3. The first-order chi connectivity index (χ1) is 18.4. The summed E-state index contributed by atoms with van der Waals surface area (Å²) >= 11 is 0. The van der Waals surface area contributed by atoms with Gasteiger partial charge in [0.2, 0.25) is 0 Å². The third-order valence-corrected chi connectivity index (χ3v) is 6.44. The number of carbonyl (C=O) groups is 2. The van der Waals surface area contributed by atoms with Crippen LogP contribution in [0.2, 0.25) is 0 Å². The van der Waals surface area contributed by atoms with Gasteiger partial charge in [0.1, 0.15) is 5.65 Å².